The molecule has 2 aromatic rings. The van der Waals surface area contributed by atoms with Crippen molar-refractivity contribution in [2.24, 2.45) is 0 Å². The molecule has 1 amide bonds. The van der Waals surface area contributed by atoms with Crippen molar-refractivity contribution in [3.63, 3.8) is 0 Å². The van der Waals surface area contributed by atoms with Gasteiger partial charge in [0, 0.05) is 30.4 Å². The number of carbonyl (C=O) groups excluding carboxylic acids is 1. The van der Waals surface area contributed by atoms with Gasteiger partial charge in [-0.25, -0.2) is 13.4 Å². The summed E-state index contributed by atoms with van der Waals surface area (Å²) in [4.78, 5) is 16.7. The standard InChI is InChI=1S/C19H22ClN3O4S2/c1-13-9-16(17(27-2)10-15(13)20)22-18(24)12-28-19-6-5-14(11-21-19)29(25,26)23-7-3-4-8-23/h5-6,9-11H,3-4,7-8,12H2,1-2H3,(H,22,24). The van der Waals surface area contributed by atoms with E-state index >= 15 is 0 Å². The molecule has 0 spiro atoms. The smallest absolute Gasteiger partial charge is 0.244 e. The van der Waals surface area contributed by atoms with E-state index < -0.39 is 10.0 Å². The molecule has 0 unspecified atom stereocenters. The van der Waals surface area contributed by atoms with Crippen LogP contribution in [0.4, 0.5) is 5.69 Å². The normalized spacial score (nSPS) is 14.7. The monoisotopic (exact) mass is 455 g/mol. The Bertz CT molecular complexity index is 991. The highest BCUT2D eigenvalue weighted by Crippen LogP contribution is 2.31. The lowest BCUT2D eigenvalue weighted by molar-refractivity contribution is -0.113. The summed E-state index contributed by atoms with van der Waals surface area (Å²) in [5.74, 6) is 0.370. The Morgan fingerprint density at radius 3 is 2.66 bits per heavy atom. The lowest BCUT2D eigenvalue weighted by Gasteiger charge is -2.15. The van der Waals surface area contributed by atoms with Gasteiger partial charge in [-0.2, -0.15) is 4.31 Å². The predicted molar refractivity (Wildman–Crippen MR) is 114 cm³/mol. The highest BCUT2D eigenvalue weighted by atomic mass is 35.5. The molecular weight excluding hydrogens is 434 g/mol. The van der Waals surface area contributed by atoms with Crippen molar-refractivity contribution in [3.8, 4) is 5.75 Å². The van der Waals surface area contributed by atoms with Gasteiger partial charge >= 0.3 is 0 Å². The van der Waals surface area contributed by atoms with Crippen LogP contribution in [0.25, 0.3) is 0 Å². The molecule has 1 aromatic carbocycles. The number of aryl methyl sites for hydroxylation is 1. The van der Waals surface area contributed by atoms with Gasteiger partial charge < -0.3 is 10.1 Å². The fourth-order valence-corrected chi connectivity index (χ4v) is 5.20. The minimum atomic E-state index is -3.49. The molecule has 0 atom stereocenters. The molecule has 0 saturated carbocycles. The zero-order valence-corrected chi connectivity index (χ0v) is 18.5. The Hall–Kier alpha value is -1.81. The number of nitrogens with one attached hydrogen (secondary N) is 1. The topological polar surface area (TPSA) is 88.6 Å². The van der Waals surface area contributed by atoms with Gasteiger partial charge in [-0.15, -0.1) is 0 Å². The number of methoxy groups -OCH3 is 1. The van der Waals surface area contributed by atoms with Crippen LogP contribution in [-0.2, 0) is 14.8 Å². The Morgan fingerprint density at radius 2 is 2.03 bits per heavy atom. The summed E-state index contributed by atoms with van der Waals surface area (Å²) in [5.41, 5.74) is 1.37. The number of rotatable bonds is 7. The van der Waals surface area contributed by atoms with Crippen LogP contribution in [0.2, 0.25) is 5.02 Å². The minimum absolute atomic E-state index is 0.121. The molecule has 1 saturated heterocycles. The molecule has 29 heavy (non-hydrogen) atoms. The number of ether oxygens (including phenoxy) is 1. The Kier molecular flexibility index (Phi) is 7.05. The zero-order valence-electron chi connectivity index (χ0n) is 16.1. The SMILES string of the molecule is COc1cc(Cl)c(C)cc1NC(=O)CSc1ccc(S(=O)(=O)N2CCCC2)cn1. The van der Waals surface area contributed by atoms with Crippen molar-refractivity contribution in [3.05, 3.63) is 41.0 Å². The van der Waals surface area contributed by atoms with Crippen LogP contribution in [0.3, 0.4) is 0 Å². The molecular formula is C19H22ClN3O4S2. The molecule has 156 valence electrons. The van der Waals surface area contributed by atoms with E-state index in [-0.39, 0.29) is 16.6 Å². The average Bonchev–Trinajstić information content (AvgIpc) is 3.25. The van der Waals surface area contributed by atoms with Gasteiger partial charge in [0.2, 0.25) is 15.9 Å². The number of carbonyl (C=O) groups is 1. The average molecular weight is 456 g/mol. The first-order chi connectivity index (χ1) is 13.8. The molecule has 3 rings (SSSR count). The van der Waals surface area contributed by atoms with E-state index in [2.05, 4.69) is 10.3 Å². The highest BCUT2D eigenvalue weighted by Gasteiger charge is 2.27. The van der Waals surface area contributed by atoms with Gasteiger partial charge in [0.05, 0.1) is 23.6 Å². The van der Waals surface area contributed by atoms with E-state index in [1.165, 1.54) is 35.4 Å². The second-order valence-electron chi connectivity index (χ2n) is 6.58. The summed E-state index contributed by atoms with van der Waals surface area (Å²) in [5, 5.41) is 3.93. The first-order valence-corrected chi connectivity index (χ1v) is 11.8. The van der Waals surface area contributed by atoms with Crippen LogP contribution >= 0.6 is 23.4 Å². The summed E-state index contributed by atoms with van der Waals surface area (Å²) >= 11 is 7.30. The number of halogens is 1. The van der Waals surface area contributed by atoms with E-state index in [4.69, 9.17) is 16.3 Å². The van der Waals surface area contributed by atoms with Crippen LogP contribution in [0.5, 0.6) is 5.75 Å². The number of anilines is 1. The third-order valence-corrected chi connectivity index (χ3v) is 7.75. The summed E-state index contributed by atoms with van der Waals surface area (Å²) in [6, 6.07) is 6.56. The Labute approximate surface area is 179 Å². The largest absolute Gasteiger partial charge is 0.495 e. The lowest BCUT2D eigenvalue weighted by atomic mass is 10.2. The van der Waals surface area contributed by atoms with E-state index in [0.29, 0.717) is 34.6 Å². The van der Waals surface area contributed by atoms with Crippen molar-refractivity contribution in [2.45, 2.75) is 29.7 Å². The van der Waals surface area contributed by atoms with Crippen LogP contribution in [-0.4, -0.2) is 49.6 Å². The number of hydrogen-bond acceptors (Lipinski definition) is 6. The van der Waals surface area contributed by atoms with E-state index in [9.17, 15) is 13.2 Å². The molecule has 1 aliphatic heterocycles. The number of thioether (sulfide) groups is 1. The molecule has 1 N–H and O–H groups in total. The van der Waals surface area contributed by atoms with Crippen molar-refractivity contribution in [2.75, 3.05) is 31.3 Å². The summed E-state index contributed by atoms with van der Waals surface area (Å²) in [7, 11) is -1.98. The maximum Gasteiger partial charge on any atom is 0.244 e. The number of aromatic nitrogens is 1. The summed E-state index contributed by atoms with van der Waals surface area (Å²) < 4.78 is 31.8. The van der Waals surface area contributed by atoms with Gasteiger partial charge in [0.25, 0.3) is 0 Å². The highest BCUT2D eigenvalue weighted by molar-refractivity contribution is 7.99. The van der Waals surface area contributed by atoms with E-state index in [0.717, 1.165) is 18.4 Å². The zero-order chi connectivity index (χ0) is 21.0. The number of pyridine rings is 1. The molecule has 1 aliphatic rings. The van der Waals surface area contributed by atoms with Crippen LogP contribution in [0, 0.1) is 6.92 Å². The second kappa shape index (κ2) is 9.34. The second-order valence-corrected chi connectivity index (χ2v) is 9.92. The molecule has 2 heterocycles. The van der Waals surface area contributed by atoms with Crippen LogP contribution in [0.1, 0.15) is 18.4 Å². The number of hydrogen-bond donors (Lipinski definition) is 1. The Balaban J connectivity index is 1.60. The maximum absolute atomic E-state index is 12.5. The van der Waals surface area contributed by atoms with Gasteiger partial charge in [-0.05, 0) is 43.5 Å². The van der Waals surface area contributed by atoms with Crippen molar-refractivity contribution in [1.82, 2.24) is 9.29 Å². The maximum atomic E-state index is 12.5. The molecule has 0 radical (unpaired) electrons. The van der Waals surface area contributed by atoms with Crippen molar-refractivity contribution in [1.29, 1.82) is 0 Å². The molecule has 10 heteroatoms. The van der Waals surface area contributed by atoms with E-state index in [1.54, 1.807) is 18.2 Å². The van der Waals surface area contributed by atoms with Gasteiger partial charge in [0.15, 0.2) is 0 Å². The van der Waals surface area contributed by atoms with Crippen LogP contribution < -0.4 is 10.1 Å². The Morgan fingerprint density at radius 1 is 1.31 bits per heavy atom. The van der Waals surface area contributed by atoms with Gasteiger partial charge in [-0.3, -0.25) is 4.79 Å². The van der Waals surface area contributed by atoms with Gasteiger partial charge in [0.1, 0.15) is 10.6 Å². The van der Waals surface area contributed by atoms with Gasteiger partial charge in [-0.1, -0.05) is 23.4 Å². The number of nitrogens with zero attached hydrogens (tertiary/aromatic N) is 2. The fourth-order valence-electron chi connectivity index (χ4n) is 2.94. The first kappa shape index (κ1) is 21.9. The third-order valence-electron chi connectivity index (χ3n) is 4.52. The molecule has 0 aliphatic carbocycles. The molecule has 1 fully saturated rings. The lowest BCUT2D eigenvalue weighted by Crippen LogP contribution is -2.27. The number of amides is 1. The molecule has 1 aromatic heterocycles. The first-order valence-electron chi connectivity index (χ1n) is 9.04. The molecule has 0 bridgehead atoms. The third kappa shape index (κ3) is 5.22. The van der Waals surface area contributed by atoms with Crippen molar-refractivity contribution < 1.29 is 17.9 Å². The number of sulfonamides is 1. The fraction of sp³-hybridized carbons (Fsp3) is 0.368. The quantitative estimate of drug-likeness (QED) is 0.642. The number of benzene rings is 1. The summed E-state index contributed by atoms with van der Waals surface area (Å²) in [6.07, 6.45) is 3.11. The summed E-state index contributed by atoms with van der Waals surface area (Å²) in [6.45, 7) is 2.94. The minimum Gasteiger partial charge on any atom is -0.495 e. The molecule has 7 nitrogen and oxygen atoms in total. The van der Waals surface area contributed by atoms with Crippen LogP contribution in [0.15, 0.2) is 40.4 Å². The van der Waals surface area contributed by atoms with E-state index in [1.807, 2.05) is 6.92 Å². The van der Waals surface area contributed by atoms with Crippen molar-refractivity contribution >= 4 is 45.0 Å². The predicted octanol–water partition coefficient (Wildman–Crippen LogP) is 3.57.